The van der Waals surface area contributed by atoms with Crippen LogP contribution in [0.15, 0.2) is 50.4 Å². The lowest BCUT2D eigenvalue weighted by Crippen LogP contribution is -2.39. The van der Waals surface area contributed by atoms with E-state index in [0.29, 0.717) is 13.0 Å². The maximum Gasteiger partial charge on any atom is 0.330 e. The third kappa shape index (κ3) is 3.84. The van der Waals surface area contributed by atoms with Gasteiger partial charge in [-0.05, 0) is 30.7 Å². The number of hydrogen-bond donors (Lipinski definition) is 2. The number of hydrogen-bond acceptors (Lipinski definition) is 5. The molecule has 2 aromatic heterocycles. The maximum absolute atomic E-state index is 13.9. The smallest absolute Gasteiger partial charge is 0.330 e. The van der Waals surface area contributed by atoms with Crippen LogP contribution in [-0.4, -0.2) is 22.5 Å². The lowest BCUT2D eigenvalue weighted by atomic mass is 10.1. The van der Waals surface area contributed by atoms with Gasteiger partial charge in [0.2, 0.25) is 0 Å². The zero-order valence-corrected chi connectivity index (χ0v) is 16.1. The summed E-state index contributed by atoms with van der Waals surface area (Å²) in [4.78, 5) is 40.4. The lowest BCUT2D eigenvalue weighted by molar-refractivity contribution is 0.0967. The number of nitrogens with one attached hydrogen (secondary N) is 1. The first-order valence-corrected chi connectivity index (χ1v) is 9.10. The Balaban J connectivity index is 1.96. The Bertz CT molecular complexity index is 1160. The predicted octanol–water partition coefficient (Wildman–Crippen LogP) is 2.59. The van der Waals surface area contributed by atoms with Crippen molar-refractivity contribution in [1.29, 1.82) is 0 Å². The largest absolute Gasteiger partial charge is 0.451 e. The molecule has 0 saturated carbocycles. The van der Waals surface area contributed by atoms with Gasteiger partial charge in [-0.25, -0.2) is 9.18 Å². The number of carbonyl (C=O) groups is 1. The summed E-state index contributed by atoms with van der Waals surface area (Å²) in [5.41, 5.74) is 4.66. The number of nitrogens with two attached hydrogens (primary N) is 1. The molecule has 2 heterocycles. The molecule has 0 radical (unpaired) electrons. The molecule has 3 rings (SSSR count). The SMILES string of the molecule is CCCCn1c(N)c(N(C)C(=O)c2ccc(-c3ccccc3F)o2)c(=O)[nH]c1=O. The number of benzene rings is 1. The van der Waals surface area contributed by atoms with Crippen molar-refractivity contribution in [1.82, 2.24) is 9.55 Å². The molecule has 3 N–H and O–H groups in total. The zero-order chi connectivity index (χ0) is 21.1. The van der Waals surface area contributed by atoms with Gasteiger partial charge in [0.1, 0.15) is 17.4 Å². The van der Waals surface area contributed by atoms with E-state index >= 15 is 0 Å². The summed E-state index contributed by atoms with van der Waals surface area (Å²) in [6.07, 6.45) is 1.50. The van der Waals surface area contributed by atoms with E-state index in [0.717, 1.165) is 11.3 Å². The van der Waals surface area contributed by atoms with E-state index in [1.54, 1.807) is 12.1 Å². The molecular weight excluding hydrogens is 379 g/mol. The molecule has 0 spiro atoms. The molecule has 0 aliphatic rings. The molecule has 29 heavy (non-hydrogen) atoms. The minimum Gasteiger partial charge on any atom is -0.451 e. The molecule has 1 aromatic carbocycles. The van der Waals surface area contributed by atoms with E-state index < -0.39 is 23.0 Å². The second-order valence-corrected chi connectivity index (χ2v) is 6.51. The monoisotopic (exact) mass is 400 g/mol. The van der Waals surface area contributed by atoms with Crippen molar-refractivity contribution >= 4 is 17.4 Å². The van der Waals surface area contributed by atoms with Gasteiger partial charge in [0.15, 0.2) is 11.4 Å². The minimum absolute atomic E-state index is 0.101. The fourth-order valence-electron chi connectivity index (χ4n) is 2.97. The topological polar surface area (TPSA) is 114 Å². The van der Waals surface area contributed by atoms with Gasteiger partial charge in [0, 0.05) is 13.6 Å². The van der Waals surface area contributed by atoms with Crippen molar-refractivity contribution in [3.05, 3.63) is 68.8 Å². The van der Waals surface area contributed by atoms with Gasteiger partial charge in [0.05, 0.1) is 5.56 Å². The summed E-state index contributed by atoms with van der Waals surface area (Å²) in [7, 11) is 1.35. The van der Waals surface area contributed by atoms with Crippen molar-refractivity contribution in [2.24, 2.45) is 0 Å². The number of H-pyrrole nitrogens is 1. The first-order chi connectivity index (χ1) is 13.8. The molecular formula is C20H21FN4O4. The first-order valence-electron chi connectivity index (χ1n) is 9.10. The third-order valence-electron chi connectivity index (χ3n) is 4.55. The Morgan fingerprint density at radius 1 is 1.24 bits per heavy atom. The van der Waals surface area contributed by atoms with Gasteiger partial charge in [-0.1, -0.05) is 25.5 Å². The van der Waals surface area contributed by atoms with Gasteiger partial charge < -0.3 is 15.1 Å². The van der Waals surface area contributed by atoms with Gasteiger partial charge in [-0.15, -0.1) is 0 Å². The van der Waals surface area contributed by atoms with Crippen molar-refractivity contribution in [2.45, 2.75) is 26.3 Å². The minimum atomic E-state index is -0.781. The maximum atomic E-state index is 13.9. The van der Waals surface area contributed by atoms with Gasteiger partial charge in [0.25, 0.3) is 11.5 Å². The Morgan fingerprint density at radius 2 is 1.97 bits per heavy atom. The number of amides is 1. The number of nitrogen functional groups attached to an aromatic ring is 1. The van der Waals surface area contributed by atoms with E-state index in [1.165, 1.54) is 35.9 Å². The van der Waals surface area contributed by atoms with Crippen molar-refractivity contribution in [2.75, 3.05) is 17.7 Å². The number of aromatic nitrogens is 2. The fourth-order valence-corrected chi connectivity index (χ4v) is 2.97. The number of aromatic amines is 1. The number of halogens is 1. The number of carbonyl (C=O) groups excluding carboxylic acids is 1. The number of rotatable bonds is 6. The van der Waals surface area contributed by atoms with Gasteiger partial charge in [-0.3, -0.25) is 19.1 Å². The quantitative estimate of drug-likeness (QED) is 0.660. The van der Waals surface area contributed by atoms with Crippen LogP contribution in [0.5, 0.6) is 0 Å². The van der Waals surface area contributed by atoms with Crippen LogP contribution in [0.4, 0.5) is 15.9 Å². The molecule has 3 aromatic rings. The molecule has 0 aliphatic carbocycles. The van der Waals surface area contributed by atoms with Gasteiger partial charge >= 0.3 is 5.69 Å². The lowest BCUT2D eigenvalue weighted by Gasteiger charge is -2.19. The Kier molecular flexibility index (Phi) is 5.67. The molecule has 0 atom stereocenters. The third-order valence-corrected chi connectivity index (χ3v) is 4.55. The Morgan fingerprint density at radius 3 is 2.66 bits per heavy atom. The number of nitrogens with zero attached hydrogens (tertiary/aromatic N) is 2. The van der Waals surface area contributed by atoms with Gasteiger partial charge in [-0.2, -0.15) is 0 Å². The highest BCUT2D eigenvalue weighted by molar-refractivity contribution is 6.05. The van der Waals surface area contributed by atoms with Crippen LogP contribution < -0.4 is 21.9 Å². The summed E-state index contributed by atoms with van der Waals surface area (Å²) in [6.45, 7) is 2.26. The fraction of sp³-hybridized carbons (Fsp3) is 0.250. The summed E-state index contributed by atoms with van der Waals surface area (Å²) in [6, 6.07) is 8.86. The molecule has 0 fully saturated rings. The highest BCUT2D eigenvalue weighted by atomic mass is 19.1. The molecule has 0 unspecified atom stereocenters. The van der Waals surface area contributed by atoms with Crippen LogP contribution in [0, 0.1) is 5.82 Å². The molecule has 9 heteroatoms. The van der Waals surface area contributed by atoms with Crippen LogP contribution >= 0.6 is 0 Å². The highest BCUT2D eigenvalue weighted by Crippen LogP contribution is 2.26. The standard InChI is InChI=1S/C20H21FN4O4/c1-3-4-11-25-17(22)16(18(26)23-20(25)28)24(2)19(27)15-10-9-14(29-15)12-7-5-6-8-13(12)21/h5-10H,3-4,11,22H2,1-2H3,(H,23,26,28). The summed E-state index contributed by atoms with van der Waals surface area (Å²) in [5, 5.41) is 0. The highest BCUT2D eigenvalue weighted by Gasteiger charge is 2.24. The van der Waals surface area contributed by atoms with Crippen molar-refractivity contribution in [3.63, 3.8) is 0 Å². The van der Waals surface area contributed by atoms with E-state index in [-0.39, 0.29) is 28.6 Å². The Labute approximate surface area is 165 Å². The number of anilines is 2. The van der Waals surface area contributed by atoms with E-state index in [9.17, 15) is 18.8 Å². The summed E-state index contributed by atoms with van der Waals surface area (Å²) >= 11 is 0. The van der Waals surface area contributed by atoms with E-state index in [1.807, 2.05) is 6.92 Å². The number of furan rings is 1. The predicted molar refractivity (Wildman–Crippen MR) is 107 cm³/mol. The molecule has 152 valence electrons. The van der Waals surface area contributed by atoms with Crippen LogP contribution in [0.3, 0.4) is 0 Å². The normalized spacial score (nSPS) is 10.9. The zero-order valence-electron chi connectivity index (χ0n) is 16.1. The number of unbranched alkanes of at least 4 members (excludes halogenated alkanes) is 1. The van der Waals surface area contributed by atoms with Crippen LogP contribution in [-0.2, 0) is 6.54 Å². The summed E-state index contributed by atoms with van der Waals surface area (Å²) < 4.78 is 20.7. The molecule has 1 amide bonds. The molecule has 0 aliphatic heterocycles. The van der Waals surface area contributed by atoms with Crippen LogP contribution in [0.25, 0.3) is 11.3 Å². The second-order valence-electron chi connectivity index (χ2n) is 6.51. The average molecular weight is 400 g/mol. The van der Waals surface area contributed by atoms with E-state index in [4.69, 9.17) is 10.2 Å². The van der Waals surface area contributed by atoms with Crippen LogP contribution in [0.2, 0.25) is 0 Å². The summed E-state index contributed by atoms with van der Waals surface area (Å²) in [5.74, 6) is -1.18. The first kappa shape index (κ1) is 20.1. The van der Waals surface area contributed by atoms with Crippen LogP contribution in [0.1, 0.15) is 30.3 Å². The van der Waals surface area contributed by atoms with E-state index in [2.05, 4.69) is 4.98 Å². The molecule has 0 bridgehead atoms. The Hall–Kier alpha value is -3.62. The molecule has 0 saturated heterocycles. The second kappa shape index (κ2) is 8.17. The van der Waals surface area contributed by atoms with Crippen molar-refractivity contribution in [3.8, 4) is 11.3 Å². The van der Waals surface area contributed by atoms with Crippen molar-refractivity contribution < 1.29 is 13.6 Å². The average Bonchev–Trinajstić information content (AvgIpc) is 3.17. The molecule has 8 nitrogen and oxygen atoms in total.